The van der Waals surface area contributed by atoms with Crippen LogP contribution in [0.5, 0.6) is 5.75 Å². The van der Waals surface area contributed by atoms with E-state index < -0.39 is 0 Å². The lowest BCUT2D eigenvalue weighted by Crippen LogP contribution is -2.26. The van der Waals surface area contributed by atoms with Crippen LogP contribution >= 0.6 is 11.8 Å². The Morgan fingerprint density at radius 3 is 2.44 bits per heavy atom. The van der Waals surface area contributed by atoms with Crippen LogP contribution in [0.25, 0.3) is 0 Å². The van der Waals surface area contributed by atoms with Gasteiger partial charge in [-0.3, -0.25) is 4.79 Å². The van der Waals surface area contributed by atoms with Crippen molar-refractivity contribution in [1.82, 2.24) is 5.32 Å². The molecule has 0 saturated heterocycles. The number of thioether (sulfide) groups is 1. The van der Waals surface area contributed by atoms with Crippen molar-refractivity contribution in [1.29, 1.82) is 0 Å². The zero-order valence-corrected chi connectivity index (χ0v) is 15.9. The summed E-state index contributed by atoms with van der Waals surface area (Å²) in [6.45, 7) is 4.76. The van der Waals surface area contributed by atoms with Gasteiger partial charge in [0.1, 0.15) is 5.75 Å². The van der Waals surface area contributed by atoms with Gasteiger partial charge in [-0.05, 0) is 49.9 Å². The average Bonchev–Trinajstić information content (AvgIpc) is 2.60. The number of aryl methyl sites for hydroxylation is 1. The molecule has 0 aliphatic carbocycles. The largest absolute Gasteiger partial charge is 0.491 e. The standard InChI is InChI=1S/C21H27NO2S/c1-17(2)24-20-12-10-18(11-13-20)9-6-14-22-21(23)16-25-15-19-7-4-3-5-8-19/h3-5,7-8,10-13,17H,6,9,14-16H2,1-2H3,(H,22,23). The third-order valence-electron chi connectivity index (χ3n) is 3.60. The van der Waals surface area contributed by atoms with Crippen molar-refractivity contribution in [3.8, 4) is 5.75 Å². The van der Waals surface area contributed by atoms with Crippen LogP contribution in [0.3, 0.4) is 0 Å². The fourth-order valence-corrected chi connectivity index (χ4v) is 3.23. The number of hydrogen-bond acceptors (Lipinski definition) is 3. The van der Waals surface area contributed by atoms with E-state index in [1.54, 1.807) is 11.8 Å². The predicted molar refractivity (Wildman–Crippen MR) is 106 cm³/mol. The summed E-state index contributed by atoms with van der Waals surface area (Å²) in [5, 5.41) is 2.99. The highest BCUT2D eigenvalue weighted by Gasteiger charge is 2.02. The normalized spacial score (nSPS) is 10.7. The molecular formula is C21H27NO2S. The van der Waals surface area contributed by atoms with E-state index in [1.165, 1.54) is 11.1 Å². The van der Waals surface area contributed by atoms with Crippen LogP contribution in [0.4, 0.5) is 0 Å². The van der Waals surface area contributed by atoms with Gasteiger partial charge >= 0.3 is 0 Å². The molecule has 0 heterocycles. The summed E-state index contributed by atoms with van der Waals surface area (Å²) < 4.78 is 5.64. The summed E-state index contributed by atoms with van der Waals surface area (Å²) in [6.07, 6.45) is 2.10. The predicted octanol–water partition coefficient (Wildman–Crippen LogP) is 4.46. The minimum atomic E-state index is 0.113. The van der Waals surface area contributed by atoms with E-state index in [0.717, 1.165) is 30.9 Å². The highest BCUT2D eigenvalue weighted by atomic mass is 32.2. The number of rotatable bonds is 10. The number of carbonyl (C=O) groups excluding carboxylic acids is 1. The van der Waals surface area contributed by atoms with E-state index >= 15 is 0 Å². The summed E-state index contributed by atoms with van der Waals surface area (Å²) in [4.78, 5) is 11.8. The molecule has 2 rings (SSSR count). The van der Waals surface area contributed by atoms with E-state index in [4.69, 9.17) is 4.74 Å². The van der Waals surface area contributed by atoms with Crippen LogP contribution in [-0.4, -0.2) is 24.3 Å². The molecular weight excluding hydrogens is 330 g/mol. The molecule has 0 aliphatic heterocycles. The first-order valence-corrected chi connectivity index (χ1v) is 9.93. The zero-order chi connectivity index (χ0) is 17.9. The smallest absolute Gasteiger partial charge is 0.230 e. The summed E-state index contributed by atoms with van der Waals surface area (Å²) in [5.74, 6) is 2.40. The molecule has 1 N–H and O–H groups in total. The van der Waals surface area contributed by atoms with Crippen molar-refractivity contribution in [3.05, 3.63) is 65.7 Å². The molecule has 25 heavy (non-hydrogen) atoms. The van der Waals surface area contributed by atoms with E-state index in [1.807, 2.05) is 44.2 Å². The maximum absolute atomic E-state index is 11.8. The van der Waals surface area contributed by atoms with E-state index in [-0.39, 0.29) is 12.0 Å². The lowest BCUT2D eigenvalue weighted by molar-refractivity contribution is -0.118. The first-order chi connectivity index (χ1) is 12.1. The number of hydrogen-bond donors (Lipinski definition) is 1. The Hall–Kier alpha value is -1.94. The van der Waals surface area contributed by atoms with Gasteiger partial charge in [-0.2, -0.15) is 0 Å². The van der Waals surface area contributed by atoms with Crippen molar-refractivity contribution in [2.45, 2.75) is 38.5 Å². The summed E-state index contributed by atoms with van der Waals surface area (Å²) in [6, 6.07) is 18.4. The highest BCUT2D eigenvalue weighted by Crippen LogP contribution is 2.15. The second-order valence-corrected chi connectivity index (χ2v) is 7.23. The molecule has 0 unspecified atom stereocenters. The fourth-order valence-electron chi connectivity index (χ4n) is 2.41. The summed E-state index contributed by atoms with van der Waals surface area (Å²) in [5.41, 5.74) is 2.52. The molecule has 0 saturated carbocycles. The van der Waals surface area contributed by atoms with Crippen LogP contribution in [0, 0.1) is 0 Å². The molecule has 1 amide bonds. The van der Waals surface area contributed by atoms with E-state index in [2.05, 4.69) is 29.6 Å². The Balaban J connectivity index is 1.56. The Labute approximate surface area is 155 Å². The average molecular weight is 358 g/mol. The maximum Gasteiger partial charge on any atom is 0.230 e. The third-order valence-corrected chi connectivity index (χ3v) is 4.61. The number of benzene rings is 2. The molecule has 0 fully saturated rings. The molecule has 0 atom stereocenters. The van der Waals surface area contributed by atoms with Crippen LogP contribution in [0.2, 0.25) is 0 Å². The van der Waals surface area contributed by atoms with Gasteiger partial charge in [0.25, 0.3) is 0 Å². The van der Waals surface area contributed by atoms with Gasteiger partial charge in [0.2, 0.25) is 5.91 Å². The summed E-state index contributed by atoms with van der Waals surface area (Å²) in [7, 11) is 0. The molecule has 2 aromatic carbocycles. The van der Waals surface area contributed by atoms with Gasteiger partial charge in [-0.25, -0.2) is 0 Å². The molecule has 0 bridgehead atoms. The molecule has 2 aromatic rings. The van der Waals surface area contributed by atoms with Crippen molar-refractivity contribution in [3.63, 3.8) is 0 Å². The minimum Gasteiger partial charge on any atom is -0.491 e. The quantitative estimate of drug-likeness (QED) is 0.638. The number of nitrogens with one attached hydrogen (secondary N) is 1. The lowest BCUT2D eigenvalue weighted by Gasteiger charge is -2.10. The molecule has 0 aromatic heterocycles. The number of ether oxygens (including phenoxy) is 1. The Morgan fingerprint density at radius 1 is 1.04 bits per heavy atom. The topological polar surface area (TPSA) is 38.3 Å². The van der Waals surface area contributed by atoms with Gasteiger partial charge in [0.15, 0.2) is 0 Å². The van der Waals surface area contributed by atoms with Gasteiger partial charge in [-0.1, -0.05) is 42.5 Å². The molecule has 4 heteroatoms. The van der Waals surface area contributed by atoms with Crippen LogP contribution < -0.4 is 10.1 Å². The van der Waals surface area contributed by atoms with Crippen molar-refractivity contribution in [2.24, 2.45) is 0 Å². The lowest BCUT2D eigenvalue weighted by atomic mass is 10.1. The van der Waals surface area contributed by atoms with E-state index in [0.29, 0.717) is 5.75 Å². The van der Waals surface area contributed by atoms with Gasteiger partial charge < -0.3 is 10.1 Å². The molecule has 0 aliphatic rings. The molecule has 0 spiro atoms. The molecule has 0 radical (unpaired) electrons. The maximum atomic E-state index is 11.8. The number of carbonyl (C=O) groups is 1. The summed E-state index contributed by atoms with van der Waals surface area (Å²) >= 11 is 1.65. The van der Waals surface area contributed by atoms with Gasteiger partial charge in [0.05, 0.1) is 11.9 Å². The van der Waals surface area contributed by atoms with E-state index in [9.17, 15) is 4.79 Å². The highest BCUT2D eigenvalue weighted by molar-refractivity contribution is 7.99. The monoisotopic (exact) mass is 357 g/mol. The second-order valence-electron chi connectivity index (χ2n) is 6.24. The molecule has 3 nitrogen and oxygen atoms in total. The third kappa shape index (κ3) is 8.12. The SMILES string of the molecule is CC(C)Oc1ccc(CCCNC(=O)CSCc2ccccc2)cc1. The first-order valence-electron chi connectivity index (χ1n) is 8.77. The second kappa shape index (κ2) is 10.8. The van der Waals surface area contributed by atoms with Crippen LogP contribution in [0.1, 0.15) is 31.4 Å². The zero-order valence-electron chi connectivity index (χ0n) is 15.0. The van der Waals surface area contributed by atoms with Gasteiger partial charge in [0, 0.05) is 12.3 Å². The minimum absolute atomic E-state index is 0.113. The Bertz CT molecular complexity index is 626. The Kier molecular flexibility index (Phi) is 8.40. The molecule has 134 valence electrons. The van der Waals surface area contributed by atoms with Crippen LogP contribution in [-0.2, 0) is 17.0 Å². The fraction of sp³-hybridized carbons (Fsp3) is 0.381. The van der Waals surface area contributed by atoms with Gasteiger partial charge in [-0.15, -0.1) is 11.8 Å². The van der Waals surface area contributed by atoms with Crippen LogP contribution in [0.15, 0.2) is 54.6 Å². The number of amides is 1. The van der Waals surface area contributed by atoms with Crippen molar-refractivity contribution < 1.29 is 9.53 Å². The Morgan fingerprint density at radius 2 is 1.76 bits per heavy atom. The van der Waals surface area contributed by atoms with Crippen molar-refractivity contribution >= 4 is 17.7 Å². The first kappa shape index (κ1) is 19.4. The van der Waals surface area contributed by atoms with Crippen molar-refractivity contribution in [2.75, 3.05) is 12.3 Å².